The lowest BCUT2D eigenvalue weighted by Crippen LogP contribution is -2.36. The van der Waals surface area contributed by atoms with Gasteiger partial charge in [-0.05, 0) is 18.2 Å². The molecule has 0 saturated carbocycles. The number of aromatic hydroxyl groups is 1. The molecule has 0 spiro atoms. The Bertz CT molecular complexity index is 1010. The number of phenolic OH excluding ortho intramolecular Hbond substituents is 1. The smallest absolute Gasteiger partial charge is 0.257 e. The van der Waals surface area contributed by atoms with Crippen molar-refractivity contribution in [2.45, 2.75) is 6.54 Å². The Morgan fingerprint density at radius 3 is 2.54 bits per heavy atom. The number of anilines is 3. The van der Waals surface area contributed by atoms with Crippen molar-refractivity contribution in [3.05, 3.63) is 68.4 Å². The molecule has 3 rings (SSSR count). The maximum Gasteiger partial charge on any atom is 0.257 e. The summed E-state index contributed by atoms with van der Waals surface area (Å²) in [7, 11) is 3.13. The van der Waals surface area contributed by atoms with Gasteiger partial charge in [0.15, 0.2) is 5.75 Å². The average Bonchev–Trinajstić information content (AvgIpc) is 3.14. The third kappa shape index (κ3) is 3.04. The van der Waals surface area contributed by atoms with Gasteiger partial charge < -0.3 is 25.1 Å². The van der Waals surface area contributed by atoms with Gasteiger partial charge in [-0.2, -0.15) is 0 Å². The highest BCUT2D eigenvalue weighted by atomic mass is 16.3. The molecule has 2 aromatic carbocycles. The summed E-state index contributed by atoms with van der Waals surface area (Å²) in [5.74, 6) is -0.672. The van der Waals surface area contributed by atoms with Crippen LogP contribution in [0.2, 0.25) is 0 Å². The van der Waals surface area contributed by atoms with Gasteiger partial charge in [0.25, 0.3) is 16.8 Å². The lowest BCUT2D eigenvalue weighted by Gasteiger charge is -2.17. The number of nitrogens with one attached hydrogen (secondary N) is 2. The second-order valence-electron chi connectivity index (χ2n) is 5.92. The Hall–Kier alpha value is -3.55. The first kappa shape index (κ1) is 17.3. The van der Waals surface area contributed by atoms with Gasteiger partial charge in [-0.15, -0.1) is 0 Å². The molecule has 1 aromatic heterocycles. The minimum Gasteiger partial charge on any atom is -0.505 e. The minimum atomic E-state index is -0.691. The lowest BCUT2D eigenvalue weighted by molar-refractivity contribution is 0.0824. The number of furan rings is 1. The summed E-state index contributed by atoms with van der Waals surface area (Å²) in [4.78, 5) is 37.1. The van der Waals surface area contributed by atoms with Crippen molar-refractivity contribution >= 4 is 23.0 Å². The normalized spacial score (nSPS) is 10.7. The van der Waals surface area contributed by atoms with Crippen LogP contribution in [0, 0.1) is 0 Å². The van der Waals surface area contributed by atoms with Crippen LogP contribution in [0.3, 0.4) is 0 Å². The highest BCUT2D eigenvalue weighted by Gasteiger charge is 2.23. The molecular formula is C18H17N3O5. The molecule has 0 unspecified atom stereocenters. The van der Waals surface area contributed by atoms with Crippen LogP contribution in [0.25, 0.3) is 0 Å². The zero-order valence-corrected chi connectivity index (χ0v) is 14.2. The largest absolute Gasteiger partial charge is 0.505 e. The molecule has 0 aliphatic carbocycles. The van der Waals surface area contributed by atoms with Gasteiger partial charge in [-0.3, -0.25) is 14.4 Å². The molecule has 3 N–H and O–H groups in total. The van der Waals surface area contributed by atoms with Gasteiger partial charge in [0, 0.05) is 26.2 Å². The molecule has 0 aliphatic heterocycles. The van der Waals surface area contributed by atoms with Crippen molar-refractivity contribution in [3.63, 3.8) is 0 Å². The summed E-state index contributed by atoms with van der Waals surface area (Å²) >= 11 is 0. The lowest BCUT2D eigenvalue weighted by atomic mass is 10.1. The fourth-order valence-corrected chi connectivity index (χ4v) is 2.46. The molecule has 0 aliphatic rings. The van der Waals surface area contributed by atoms with Crippen LogP contribution < -0.4 is 21.5 Å². The van der Waals surface area contributed by atoms with Gasteiger partial charge >= 0.3 is 0 Å². The van der Waals surface area contributed by atoms with E-state index in [0.717, 1.165) is 5.56 Å². The topological polar surface area (TPSA) is 112 Å². The van der Waals surface area contributed by atoms with Crippen LogP contribution in [0.5, 0.6) is 5.75 Å². The molecule has 3 aromatic rings. The number of carbonyl (C=O) groups excluding carboxylic acids is 1. The van der Waals surface area contributed by atoms with Gasteiger partial charge in [-0.25, -0.2) is 0 Å². The number of rotatable bonds is 6. The number of hydrogen-bond donors (Lipinski definition) is 3. The van der Waals surface area contributed by atoms with E-state index in [4.69, 9.17) is 4.42 Å². The Labute approximate surface area is 148 Å². The van der Waals surface area contributed by atoms with Crippen molar-refractivity contribution in [1.82, 2.24) is 4.90 Å². The summed E-state index contributed by atoms with van der Waals surface area (Å²) in [6, 6.07) is 6.29. The highest BCUT2D eigenvalue weighted by Crippen LogP contribution is 2.32. The fourth-order valence-electron chi connectivity index (χ4n) is 2.46. The molecule has 0 fully saturated rings. The summed E-state index contributed by atoms with van der Waals surface area (Å²) in [6.45, 7) is 0.307. The van der Waals surface area contributed by atoms with Crippen LogP contribution in [0.15, 0.2) is 50.8 Å². The Morgan fingerprint density at radius 2 is 1.88 bits per heavy atom. The van der Waals surface area contributed by atoms with E-state index in [9.17, 15) is 19.5 Å². The molecule has 26 heavy (non-hydrogen) atoms. The number of amides is 1. The average molecular weight is 355 g/mol. The van der Waals surface area contributed by atoms with Crippen LogP contribution in [-0.2, 0) is 6.54 Å². The number of hydrogen-bond acceptors (Lipinski definition) is 7. The number of para-hydroxylation sites is 1. The molecule has 0 radical (unpaired) electrons. The molecule has 8 heteroatoms. The van der Waals surface area contributed by atoms with E-state index in [2.05, 4.69) is 10.6 Å². The zero-order valence-electron chi connectivity index (χ0n) is 14.2. The van der Waals surface area contributed by atoms with E-state index < -0.39 is 10.9 Å². The van der Waals surface area contributed by atoms with Crippen LogP contribution in [0.1, 0.15) is 15.9 Å². The fraction of sp³-hybridized carbons (Fsp3) is 0.167. The third-order valence-electron chi connectivity index (χ3n) is 3.89. The van der Waals surface area contributed by atoms with E-state index in [0.29, 0.717) is 6.54 Å². The molecule has 0 saturated heterocycles. The maximum absolute atomic E-state index is 12.1. The van der Waals surface area contributed by atoms with Crippen LogP contribution >= 0.6 is 0 Å². The Morgan fingerprint density at radius 1 is 1.15 bits per heavy atom. The molecule has 0 atom stereocenters. The first-order valence-electron chi connectivity index (χ1n) is 7.79. The molecule has 8 nitrogen and oxygen atoms in total. The quantitative estimate of drug-likeness (QED) is 0.455. The molecule has 1 heterocycles. The standard InChI is InChI=1S/C18H17N3O5/c1-21(2)18(25)11-4-3-5-12(15(11)22)20-14-13(16(23)17(14)24)19-8-10-6-7-26-9-10/h3-7,9,19-20,22H,8H2,1-2H3. The van der Waals surface area contributed by atoms with Crippen molar-refractivity contribution in [2.75, 3.05) is 24.7 Å². The molecular weight excluding hydrogens is 338 g/mol. The van der Waals surface area contributed by atoms with Gasteiger partial charge in [0.05, 0.1) is 23.8 Å². The molecule has 134 valence electrons. The summed E-state index contributed by atoms with van der Waals surface area (Å²) in [5, 5.41) is 16.0. The number of benzene rings is 1. The minimum absolute atomic E-state index is 0.0447. The zero-order chi connectivity index (χ0) is 18.8. The second-order valence-corrected chi connectivity index (χ2v) is 5.92. The summed E-state index contributed by atoms with van der Waals surface area (Å²) < 4.78 is 4.95. The second kappa shape index (κ2) is 6.75. The van der Waals surface area contributed by atoms with Gasteiger partial charge in [0.2, 0.25) is 0 Å². The number of phenols is 1. The third-order valence-corrected chi connectivity index (χ3v) is 3.89. The monoisotopic (exact) mass is 355 g/mol. The summed E-state index contributed by atoms with van der Waals surface area (Å²) in [5.41, 5.74) is -0.101. The van der Waals surface area contributed by atoms with Gasteiger partial charge in [-0.1, -0.05) is 6.07 Å². The van der Waals surface area contributed by atoms with E-state index in [-0.39, 0.29) is 34.3 Å². The maximum atomic E-state index is 12.1. The van der Waals surface area contributed by atoms with Crippen molar-refractivity contribution in [1.29, 1.82) is 0 Å². The summed E-state index contributed by atoms with van der Waals surface area (Å²) in [6.07, 6.45) is 3.03. The Kier molecular flexibility index (Phi) is 4.49. The predicted molar refractivity (Wildman–Crippen MR) is 96.8 cm³/mol. The Balaban J connectivity index is 1.85. The SMILES string of the molecule is CN(C)C(=O)c1cccc(Nc2c(NCc3ccoc3)c(=O)c2=O)c1O. The van der Waals surface area contributed by atoms with E-state index in [1.807, 2.05) is 0 Å². The van der Waals surface area contributed by atoms with Crippen LogP contribution in [0.4, 0.5) is 17.1 Å². The first-order valence-corrected chi connectivity index (χ1v) is 7.79. The van der Waals surface area contributed by atoms with Crippen molar-refractivity contribution in [3.8, 4) is 5.75 Å². The van der Waals surface area contributed by atoms with Crippen molar-refractivity contribution in [2.24, 2.45) is 0 Å². The predicted octanol–water partition coefficient (Wildman–Crippen LogP) is 1.64. The highest BCUT2D eigenvalue weighted by molar-refractivity contribution is 5.99. The van der Waals surface area contributed by atoms with E-state index in [1.165, 1.54) is 29.6 Å². The molecule has 1 amide bonds. The number of nitrogens with zero attached hydrogens (tertiary/aromatic N) is 1. The van der Waals surface area contributed by atoms with Gasteiger partial charge in [0.1, 0.15) is 11.4 Å². The first-order chi connectivity index (χ1) is 12.4. The number of carbonyl (C=O) groups is 1. The van der Waals surface area contributed by atoms with E-state index >= 15 is 0 Å². The molecule has 0 bridgehead atoms. The van der Waals surface area contributed by atoms with Crippen molar-refractivity contribution < 1.29 is 14.3 Å². The van der Waals surface area contributed by atoms with Crippen LogP contribution in [-0.4, -0.2) is 30.0 Å². The van der Waals surface area contributed by atoms with E-state index in [1.54, 1.807) is 26.2 Å².